The molecule has 0 saturated heterocycles. The van der Waals surface area contributed by atoms with Crippen LogP contribution in [0.4, 0.5) is 5.69 Å². The molecule has 3 aromatic carbocycles. The summed E-state index contributed by atoms with van der Waals surface area (Å²) in [5.74, 6) is 0.399. The van der Waals surface area contributed by atoms with Crippen LogP contribution in [0.15, 0.2) is 60.7 Å². The van der Waals surface area contributed by atoms with E-state index in [1.54, 1.807) is 0 Å². The third-order valence-electron chi connectivity index (χ3n) is 5.46. The first-order chi connectivity index (χ1) is 13.5. The standard InChI is InChI=1S/C24H23ClN2O/c1-15-3-2-4-22(23(15)17-5-8-20(25)9-6-17)24(28)27-21-10-7-18-11-16(14-26)12-19(18)13-21/h2-10,13,16H,11-12,14,26H2,1H3,(H,27,28). The number of nitrogens with one attached hydrogen (secondary N) is 1. The molecule has 0 saturated carbocycles. The molecule has 142 valence electrons. The van der Waals surface area contributed by atoms with Gasteiger partial charge in [0.25, 0.3) is 5.91 Å². The van der Waals surface area contributed by atoms with Crippen molar-refractivity contribution in [3.05, 3.63) is 87.9 Å². The highest BCUT2D eigenvalue weighted by molar-refractivity contribution is 6.30. The van der Waals surface area contributed by atoms with Crippen molar-refractivity contribution in [3.8, 4) is 11.1 Å². The summed E-state index contributed by atoms with van der Waals surface area (Å²) in [5.41, 5.74) is 12.9. The van der Waals surface area contributed by atoms with Gasteiger partial charge in [0.2, 0.25) is 0 Å². The van der Waals surface area contributed by atoms with Gasteiger partial charge in [0.1, 0.15) is 0 Å². The summed E-state index contributed by atoms with van der Waals surface area (Å²) < 4.78 is 0. The van der Waals surface area contributed by atoms with Crippen molar-refractivity contribution in [2.24, 2.45) is 11.7 Å². The van der Waals surface area contributed by atoms with Crippen LogP contribution < -0.4 is 11.1 Å². The highest BCUT2D eigenvalue weighted by Gasteiger charge is 2.21. The minimum Gasteiger partial charge on any atom is -0.330 e. The van der Waals surface area contributed by atoms with Crippen molar-refractivity contribution in [1.29, 1.82) is 0 Å². The molecule has 1 atom stereocenters. The molecule has 0 spiro atoms. The van der Waals surface area contributed by atoms with Crippen molar-refractivity contribution in [2.45, 2.75) is 19.8 Å². The summed E-state index contributed by atoms with van der Waals surface area (Å²) >= 11 is 6.03. The molecular formula is C24H23ClN2O. The highest BCUT2D eigenvalue weighted by atomic mass is 35.5. The fourth-order valence-electron chi connectivity index (χ4n) is 4.01. The van der Waals surface area contributed by atoms with Gasteiger partial charge in [-0.25, -0.2) is 0 Å². The Labute approximate surface area is 170 Å². The molecule has 4 rings (SSSR count). The predicted octanol–water partition coefficient (Wildman–Crippen LogP) is 5.24. The number of hydrogen-bond donors (Lipinski definition) is 2. The molecular weight excluding hydrogens is 368 g/mol. The Balaban J connectivity index is 1.63. The van der Waals surface area contributed by atoms with Crippen molar-refractivity contribution in [2.75, 3.05) is 11.9 Å². The topological polar surface area (TPSA) is 55.1 Å². The van der Waals surface area contributed by atoms with E-state index >= 15 is 0 Å². The number of nitrogens with two attached hydrogens (primary N) is 1. The number of anilines is 1. The molecule has 0 radical (unpaired) electrons. The Hall–Kier alpha value is -2.62. The smallest absolute Gasteiger partial charge is 0.256 e. The molecule has 0 bridgehead atoms. The molecule has 4 heteroatoms. The normalized spacial score (nSPS) is 15.3. The monoisotopic (exact) mass is 390 g/mol. The number of carbonyl (C=O) groups is 1. The third-order valence-corrected chi connectivity index (χ3v) is 5.72. The molecule has 0 aliphatic heterocycles. The van der Waals surface area contributed by atoms with Crippen LogP contribution in [0.5, 0.6) is 0 Å². The summed E-state index contributed by atoms with van der Waals surface area (Å²) in [6.45, 7) is 2.72. The number of amides is 1. The zero-order valence-electron chi connectivity index (χ0n) is 15.8. The molecule has 0 aromatic heterocycles. The highest BCUT2D eigenvalue weighted by Crippen LogP contribution is 2.31. The van der Waals surface area contributed by atoms with Gasteiger partial charge in [0, 0.05) is 16.3 Å². The van der Waals surface area contributed by atoms with Gasteiger partial charge in [-0.05, 0) is 90.4 Å². The zero-order valence-corrected chi connectivity index (χ0v) is 16.6. The molecule has 28 heavy (non-hydrogen) atoms. The van der Waals surface area contributed by atoms with E-state index in [1.165, 1.54) is 11.1 Å². The Morgan fingerprint density at radius 2 is 1.82 bits per heavy atom. The van der Waals surface area contributed by atoms with Crippen LogP contribution in [0.3, 0.4) is 0 Å². The molecule has 3 nitrogen and oxygen atoms in total. The predicted molar refractivity (Wildman–Crippen MR) is 116 cm³/mol. The summed E-state index contributed by atoms with van der Waals surface area (Å²) in [6, 6.07) is 19.6. The first-order valence-electron chi connectivity index (χ1n) is 9.54. The van der Waals surface area contributed by atoms with Gasteiger partial charge in [-0.15, -0.1) is 0 Å². The lowest BCUT2D eigenvalue weighted by atomic mass is 9.94. The molecule has 1 unspecified atom stereocenters. The van der Waals surface area contributed by atoms with E-state index in [0.717, 1.165) is 35.2 Å². The maximum atomic E-state index is 13.1. The summed E-state index contributed by atoms with van der Waals surface area (Å²) in [6.07, 6.45) is 2.01. The fourth-order valence-corrected chi connectivity index (χ4v) is 4.13. The number of rotatable bonds is 4. The second-order valence-corrected chi connectivity index (χ2v) is 7.89. The van der Waals surface area contributed by atoms with E-state index in [4.69, 9.17) is 17.3 Å². The minimum atomic E-state index is -0.109. The van der Waals surface area contributed by atoms with E-state index in [-0.39, 0.29) is 5.91 Å². The van der Waals surface area contributed by atoms with Crippen LogP contribution in [-0.2, 0) is 12.8 Å². The van der Waals surface area contributed by atoms with Crippen LogP contribution in [0.2, 0.25) is 5.02 Å². The average Bonchev–Trinajstić information content (AvgIpc) is 3.11. The van der Waals surface area contributed by atoms with Crippen molar-refractivity contribution >= 4 is 23.2 Å². The Kier molecular flexibility index (Phi) is 5.21. The summed E-state index contributed by atoms with van der Waals surface area (Å²) in [5, 5.41) is 3.75. The zero-order chi connectivity index (χ0) is 19.7. The van der Waals surface area contributed by atoms with Gasteiger partial charge in [0.15, 0.2) is 0 Å². The maximum absolute atomic E-state index is 13.1. The minimum absolute atomic E-state index is 0.109. The Morgan fingerprint density at radius 3 is 2.57 bits per heavy atom. The van der Waals surface area contributed by atoms with E-state index in [9.17, 15) is 4.79 Å². The van der Waals surface area contributed by atoms with E-state index in [1.807, 2.05) is 55.5 Å². The van der Waals surface area contributed by atoms with Crippen molar-refractivity contribution in [3.63, 3.8) is 0 Å². The van der Waals surface area contributed by atoms with Crippen LogP contribution in [0.25, 0.3) is 11.1 Å². The number of hydrogen-bond acceptors (Lipinski definition) is 2. The van der Waals surface area contributed by atoms with Gasteiger partial charge < -0.3 is 11.1 Å². The Bertz CT molecular complexity index is 1030. The molecule has 1 aliphatic carbocycles. The average molecular weight is 391 g/mol. The number of benzene rings is 3. The van der Waals surface area contributed by atoms with Crippen molar-refractivity contribution in [1.82, 2.24) is 0 Å². The first kappa shape index (κ1) is 18.7. The lowest BCUT2D eigenvalue weighted by Crippen LogP contribution is -2.14. The summed E-state index contributed by atoms with van der Waals surface area (Å²) in [4.78, 5) is 13.1. The summed E-state index contributed by atoms with van der Waals surface area (Å²) in [7, 11) is 0. The molecule has 1 amide bonds. The molecule has 3 N–H and O–H groups in total. The molecule has 3 aromatic rings. The third kappa shape index (κ3) is 3.68. The fraction of sp³-hybridized carbons (Fsp3) is 0.208. The van der Waals surface area contributed by atoms with Crippen LogP contribution in [0, 0.1) is 12.8 Å². The number of carbonyl (C=O) groups excluding carboxylic acids is 1. The lowest BCUT2D eigenvalue weighted by Gasteiger charge is -2.14. The van der Waals surface area contributed by atoms with Gasteiger partial charge in [-0.3, -0.25) is 4.79 Å². The number of fused-ring (bicyclic) bond motifs is 1. The SMILES string of the molecule is Cc1cccc(C(=O)Nc2ccc3c(c2)CC(CN)C3)c1-c1ccc(Cl)cc1. The van der Waals surface area contributed by atoms with Crippen LogP contribution >= 0.6 is 11.6 Å². The first-order valence-corrected chi connectivity index (χ1v) is 9.91. The van der Waals surface area contributed by atoms with Crippen molar-refractivity contribution < 1.29 is 4.79 Å². The van der Waals surface area contributed by atoms with E-state index in [2.05, 4.69) is 17.4 Å². The van der Waals surface area contributed by atoms with Gasteiger partial charge in [0.05, 0.1) is 0 Å². The van der Waals surface area contributed by atoms with E-state index < -0.39 is 0 Å². The second-order valence-electron chi connectivity index (χ2n) is 7.45. The Morgan fingerprint density at radius 1 is 1.07 bits per heavy atom. The number of halogens is 1. The van der Waals surface area contributed by atoms with Crippen LogP contribution in [-0.4, -0.2) is 12.5 Å². The number of aryl methyl sites for hydroxylation is 1. The molecule has 1 aliphatic rings. The second kappa shape index (κ2) is 7.78. The lowest BCUT2D eigenvalue weighted by molar-refractivity contribution is 0.102. The van der Waals surface area contributed by atoms with Gasteiger partial charge >= 0.3 is 0 Å². The maximum Gasteiger partial charge on any atom is 0.256 e. The molecule has 0 heterocycles. The quantitative estimate of drug-likeness (QED) is 0.639. The largest absolute Gasteiger partial charge is 0.330 e. The van der Waals surface area contributed by atoms with Gasteiger partial charge in [-0.2, -0.15) is 0 Å². The molecule has 0 fully saturated rings. The van der Waals surface area contributed by atoms with Crippen LogP contribution in [0.1, 0.15) is 27.0 Å². The van der Waals surface area contributed by atoms with Gasteiger partial charge in [-0.1, -0.05) is 41.9 Å². The van der Waals surface area contributed by atoms with E-state index in [0.29, 0.717) is 23.0 Å².